The van der Waals surface area contributed by atoms with Crippen LogP contribution in [0.5, 0.6) is 0 Å². The average molecular weight is 341 g/mol. The summed E-state index contributed by atoms with van der Waals surface area (Å²) < 4.78 is 0. The number of hydrogen-bond acceptors (Lipinski definition) is 2. The molecule has 1 aromatic carbocycles. The first kappa shape index (κ1) is 17.1. The van der Waals surface area contributed by atoms with Crippen molar-refractivity contribution in [1.82, 2.24) is 4.90 Å². The summed E-state index contributed by atoms with van der Waals surface area (Å²) in [5.74, 6) is 2.08. The molecule has 25 heavy (non-hydrogen) atoms. The number of carbonyl (C=O) groups is 1. The Morgan fingerprint density at radius 1 is 0.920 bits per heavy atom. The van der Waals surface area contributed by atoms with Crippen LogP contribution in [0.3, 0.4) is 0 Å². The summed E-state index contributed by atoms with van der Waals surface area (Å²) in [5.41, 5.74) is 2.38. The number of anilines is 1. The predicted molar refractivity (Wildman–Crippen MR) is 103 cm³/mol. The minimum Gasteiger partial charge on any atom is -0.309 e. The second kappa shape index (κ2) is 7.11. The Bertz CT molecular complexity index is 610. The van der Waals surface area contributed by atoms with Crippen molar-refractivity contribution in [2.75, 3.05) is 18.0 Å². The number of rotatable bonds is 3. The van der Waals surface area contributed by atoms with Crippen molar-refractivity contribution < 1.29 is 4.79 Å². The fourth-order valence-electron chi connectivity index (χ4n) is 5.32. The highest BCUT2D eigenvalue weighted by molar-refractivity contribution is 6.01. The molecular formula is C22H32N2O. The molecule has 3 nitrogen and oxygen atoms in total. The zero-order valence-electron chi connectivity index (χ0n) is 15.8. The minimum absolute atomic E-state index is 0.303. The van der Waals surface area contributed by atoms with Crippen LogP contribution in [0, 0.1) is 11.8 Å². The Hall–Kier alpha value is -1.35. The van der Waals surface area contributed by atoms with Crippen molar-refractivity contribution in [3.8, 4) is 0 Å². The number of benzene rings is 1. The van der Waals surface area contributed by atoms with E-state index in [0.29, 0.717) is 18.4 Å². The van der Waals surface area contributed by atoms with Crippen molar-refractivity contribution >= 4 is 11.6 Å². The monoisotopic (exact) mass is 340 g/mol. The number of piperidine rings is 1. The molecule has 0 aromatic heterocycles. The second-order valence-electron chi connectivity index (χ2n) is 8.65. The molecule has 3 aliphatic rings. The first-order valence-electron chi connectivity index (χ1n) is 10.3. The van der Waals surface area contributed by atoms with Crippen LogP contribution in [-0.4, -0.2) is 36.0 Å². The molecular weight excluding hydrogens is 308 g/mol. The summed E-state index contributed by atoms with van der Waals surface area (Å²) in [6.45, 7) is 7.07. The van der Waals surface area contributed by atoms with Gasteiger partial charge >= 0.3 is 0 Å². The summed E-state index contributed by atoms with van der Waals surface area (Å²) in [5, 5.41) is 0. The van der Waals surface area contributed by atoms with Gasteiger partial charge < -0.3 is 9.80 Å². The van der Waals surface area contributed by atoms with Gasteiger partial charge in [-0.2, -0.15) is 0 Å². The van der Waals surface area contributed by atoms with Gasteiger partial charge in [0.15, 0.2) is 0 Å². The first-order valence-corrected chi connectivity index (χ1v) is 10.3. The zero-order valence-corrected chi connectivity index (χ0v) is 15.8. The molecule has 136 valence electrons. The molecule has 0 spiro atoms. The Balaban J connectivity index is 1.34. The van der Waals surface area contributed by atoms with Crippen molar-refractivity contribution in [3.05, 3.63) is 29.8 Å². The van der Waals surface area contributed by atoms with E-state index in [2.05, 4.69) is 41.8 Å². The smallest absolute Gasteiger partial charge is 0.231 e. The van der Waals surface area contributed by atoms with Gasteiger partial charge in [-0.1, -0.05) is 32.0 Å². The molecule has 0 atom stereocenters. The van der Waals surface area contributed by atoms with Gasteiger partial charge in [0, 0.05) is 30.9 Å². The second-order valence-corrected chi connectivity index (χ2v) is 8.65. The SMILES string of the molecule is CC(C)[C@H]1CC[C@H](N2CCC(N3C(=O)Cc4ccccc43)CC2)CC1. The highest BCUT2D eigenvalue weighted by Gasteiger charge is 2.36. The van der Waals surface area contributed by atoms with Gasteiger partial charge in [0.25, 0.3) is 0 Å². The molecule has 1 saturated carbocycles. The maximum absolute atomic E-state index is 12.5. The van der Waals surface area contributed by atoms with Gasteiger partial charge in [0.1, 0.15) is 0 Å². The molecule has 0 radical (unpaired) electrons. The van der Waals surface area contributed by atoms with E-state index in [-0.39, 0.29) is 0 Å². The Morgan fingerprint density at radius 3 is 2.28 bits per heavy atom. The van der Waals surface area contributed by atoms with Gasteiger partial charge in [-0.15, -0.1) is 0 Å². The summed E-state index contributed by atoms with van der Waals surface area (Å²) in [6, 6.07) is 9.53. The van der Waals surface area contributed by atoms with E-state index in [9.17, 15) is 4.79 Å². The van der Waals surface area contributed by atoms with Gasteiger partial charge in [-0.05, 0) is 62.0 Å². The van der Waals surface area contributed by atoms with Crippen LogP contribution in [0.4, 0.5) is 5.69 Å². The summed E-state index contributed by atoms with van der Waals surface area (Å²) >= 11 is 0. The zero-order chi connectivity index (χ0) is 17.4. The van der Waals surface area contributed by atoms with E-state index in [1.54, 1.807) is 0 Å². The van der Waals surface area contributed by atoms with Crippen LogP contribution in [0.25, 0.3) is 0 Å². The number of carbonyl (C=O) groups excluding carboxylic acids is 1. The van der Waals surface area contributed by atoms with E-state index in [1.807, 2.05) is 6.07 Å². The third-order valence-electron chi connectivity index (χ3n) is 6.93. The van der Waals surface area contributed by atoms with Crippen LogP contribution < -0.4 is 4.90 Å². The van der Waals surface area contributed by atoms with Crippen molar-refractivity contribution in [3.63, 3.8) is 0 Å². The highest BCUT2D eigenvalue weighted by atomic mass is 16.2. The Morgan fingerprint density at radius 2 is 1.60 bits per heavy atom. The molecule has 0 unspecified atom stereocenters. The molecule has 2 fully saturated rings. The molecule has 1 aromatic rings. The Kier molecular flexibility index (Phi) is 4.86. The molecule has 4 rings (SSSR count). The van der Waals surface area contributed by atoms with Crippen molar-refractivity contribution in [1.29, 1.82) is 0 Å². The van der Waals surface area contributed by atoms with Crippen molar-refractivity contribution in [2.45, 2.75) is 70.9 Å². The molecule has 1 aliphatic carbocycles. The van der Waals surface area contributed by atoms with E-state index < -0.39 is 0 Å². The van der Waals surface area contributed by atoms with E-state index in [0.717, 1.165) is 43.8 Å². The summed E-state index contributed by atoms with van der Waals surface area (Å²) in [7, 11) is 0. The lowest BCUT2D eigenvalue weighted by molar-refractivity contribution is -0.118. The molecule has 2 heterocycles. The Labute approximate surface area is 152 Å². The third kappa shape index (κ3) is 3.36. The largest absolute Gasteiger partial charge is 0.309 e. The minimum atomic E-state index is 0.303. The maximum Gasteiger partial charge on any atom is 0.231 e. The average Bonchev–Trinajstić information content (AvgIpc) is 2.97. The molecule has 1 amide bonds. The number of nitrogens with zero attached hydrogens (tertiary/aromatic N) is 2. The van der Waals surface area contributed by atoms with Crippen LogP contribution in [-0.2, 0) is 11.2 Å². The first-order chi connectivity index (χ1) is 12.1. The highest BCUT2D eigenvalue weighted by Crippen LogP contribution is 2.36. The van der Waals surface area contributed by atoms with E-state index >= 15 is 0 Å². The fourth-order valence-corrected chi connectivity index (χ4v) is 5.32. The predicted octanol–water partition coefficient (Wildman–Crippen LogP) is 4.25. The van der Waals surface area contributed by atoms with Gasteiger partial charge in [0.2, 0.25) is 5.91 Å². The van der Waals surface area contributed by atoms with Crippen LogP contribution >= 0.6 is 0 Å². The van der Waals surface area contributed by atoms with Crippen molar-refractivity contribution in [2.24, 2.45) is 11.8 Å². The number of hydrogen-bond donors (Lipinski definition) is 0. The van der Waals surface area contributed by atoms with E-state index in [1.165, 1.54) is 36.9 Å². The lowest BCUT2D eigenvalue weighted by Gasteiger charge is -2.43. The van der Waals surface area contributed by atoms with E-state index in [4.69, 9.17) is 0 Å². The molecule has 2 aliphatic heterocycles. The molecule has 0 bridgehead atoms. The number of para-hydroxylation sites is 1. The standard InChI is InChI=1S/C22H32N2O/c1-16(2)17-7-9-19(10-8-17)23-13-11-20(12-14-23)24-21-6-4-3-5-18(21)15-22(24)25/h3-6,16-17,19-20H,7-15H2,1-2H3/t17-,19-. The lowest BCUT2D eigenvalue weighted by Crippen LogP contribution is -2.50. The topological polar surface area (TPSA) is 23.6 Å². The van der Waals surface area contributed by atoms with Gasteiger partial charge in [0.05, 0.1) is 6.42 Å². The summed E-state index contributed by atoms with van der Waals surface area (Å²) in [4.78, 5) is 17.4. The maximum atomic E-state index is 12.5. The van der Waals surface area contributed by atoms with Crippen LogP contribution in [0.15, 0.2) is 24.3 Å². The molecule has 1 saturated heterocycles. The quantitative estimate of drug-likeness (QED) is 0.821. The van der Waals surface area contributed by atoms with Gasteiger partial charge in [-0.3, -0.25) is 4.79 Å². The molecule has 0 N–H and O–H groups in total. The number of fused-ring (bicyclic) bond motifs is 1. The normalized spacial score (nSPS) is 28.6. The molecule has 3 heteroatoms. The third-order valence-corrected chi connectivity index (χ3v) is 6.93. The fraction of sp³-hybridized carbons (Fsp3) is 0.682. The van der Waals surface area contributed by atoms with Crippen LogP contribution in [0.1, 0.15) is 57.9 Å². The lowest BCUT2D eigenvalue weighted by atomic mass is 9.79. The van der Waals surface area contributed by atoms with Gasteiger partial charge in [-0.25, -0.2) is 0 Å². The van der Waals surface area contributed by atoms with Crippen LogP contribution in [0.2, 0.25) is 0 Å². The number of amides is 1. The summed E-state index contributed by atoms with van der Waals surface area (Å²) in [6.07, 6.45) is 8.41. The number of likely N-dealkylation sites (tertiary alicyclic amines) is 1.